The van der Waals surface area contributed by atoms with E-state index in [-0.39, 0.29) is 38.6 Å². The first-order valence-electron chi connectivity index (χ1n) is 23.0. The third-order valence-electron chi connectivity index (χ3n) is 9.73. The van der Waals surface area contributed by atoms with Crippen LogP contribution in [0.2, 0.25) is 0 Å². The molecular formula is C48H31N3. The number of aromatic nitrogens is 3. The van der Waals surface area contributed by atoms with Gasteiger partial charge in [0.15, 0.2) is 0 Å². The van der Waals surface area contributed by atoms with Crippen LogP contribution >= 0.6 is 0 Å². The fourth-order valence-corrected chi connectivity index (χ4v) is 7.65. The van der Waals surface area contributed by atoms with Crippen LogP contribution in [0, 0.1) is 0 Å². The highest BCUT2D eigenvalue weighted by Gasteiger charge is 2.19. The zero-order chi connectivity index (χ0) is 44.8. The zero-order valence-corrected chi connectivity index (χ0v) is 26.7. The largest absolute Gasteiger partial charge is 0.309 e. The highest BCUT2D eigenvalue weighted by atomic mass is 15.0. The Hall–Kier alpha value is -6.84. The smallest absolute Gasteiger partial charge is 0.0645 e. The maximum Gasteiger partial charge on any atom is 0.0645 e. The van der Waals surface area contributed by atoms with Gasteiger partial charge in [0.1, 0.15) is 0 Å². The molecule has 0 bridgehead atoms. The van der Waals surface area contributed by atoms with Gasteiger partial charge in [0.05, 0.1) is 50.9 Å². The minimum Gasteiger partial charge on any atom is -0.309 e. The molecule has 51 heavy (non-hydrogen) atoms. The molecule has 11 rings (SSSR count). The van der Waals surface area contributed by atoms with Crippen LogP contribution < -0.4 is 0 Å². The predicted octanol–water partition coefficient (Wildman–Crippen LogP) is 12.6. The maximum absolute atomic E-state index is 9.19. The van der Waals surface area contributed by atoms with Gasteiger partial charge in [-0.15, -0.1) is 0 Å². The van der Waals surface area contributed by atoms with E-state index in [9.17, 15) is 2.74 Å². The van der Waals surface area contributed by atoms with Crippen molar-refractivity contribution in [3.8, 4) is 28.2 Å². The second kappa shape index (κ2) is 10.8. The van der Waals surface area contributed by atoms with Gasteiger partial charge in [-0.3, -0.25) is 0 Å². The second-order valence-electron chi connectivity index (χ2n) is 12.4. The van der Waals surface area contributed by atoms with E-state index in [4.69, 9.17) is 15.1 Å². The lowest BCUT2D eigenvalue weighted by Crippen LogP contribution is -2.00. The summed E-state index contributed by atoms with van der Waals surface area (Å²) in [6.45, 7) is 0. The predicted molar refractivity (Wildman–Crippen MR) is 215 cm³/mol. The lowest BCUT2D eigenvalue weighted by Gasteiger charge is -2.16. The molecule has 0 aliphatic rings. The summed E-state index contributed by atoms with van der Waals surface area (Å²) in [5.41, 5.74) is 4.87. The number of benzene rings is 8. The van der Waals surface area contributed by atoms with Crippen molar-refractivity contribution in [1.82, 2.24) is 13.7 Å². The highest BCUT2D eigenvalue weighted by molar-refractivity contribution is 6.13. The van der Waals surface area contributed by atoms with Crippen LogP contribution in [-0.2, 0) is 0 Å². The lowest BCUT2D eigenvalue weighted by atomic mass is 10.0. The van der Waals surface area contributed by atoms with Crippen LogP contribution in [0.15, 0.2) is 188 Å². The molecule has 0 atom stereocenters. The molecule has 0 radical (unpaired) electrons. The molecular weight excluding hydrogens is 619 g/mol. The van der Waals surface area contributed by atoms with Crippen molar-refractivity contribution in [2.45, 2.75) is 0 Å². The van der Waals surface area contributed by atoms with Crippen molar-refractivity contribution in [2.75, 3.05) is 0 Å². The Morgan fingerprint density at radius 1 is 0.294 bits per heavy atom. The van der Waals surface area contributed by atoms with Crippen LogP contribution in [0.3, 0.4) is 0 Å². The third kappa shape index (κ3) is 4.12. The van der Waals surface area contributed by atoms with E-state index in [1.165, 1.54) is 10.6 Å². The van der Waals surface area contributed by atoms with Crippen LogP contribution in [0.1, 0.15) is 17.8 Å². The molecule has 0 fully saturated rings. The Kier molecular flexibility index (Phi) is 3.87. The average molecular weight is 663 g/mol. The van der Waals surface area contributed by atoms with Crippen molar-refractivity contribution < 1.29 is 17.8 Å². The molecule has 238 valence electrons. The SMILES string of the molecule is [2H]c1c([2H])c([2H])c(-c2cc(-n3c4ccccc4c4cc(-n5c6ccccc6c6ccccc65)ccc43)cc(-n3c4c([2H])c([2H])c([2H])c([2H])c4c4c([2H])c([2H])c([2H])c([2H])c43)c2)c([2H])c1[2H]. The molecule has 3 heteroatoms. The summed E-state index contributed by atoms with van der Waals surface area (Å²) in [4.78, 5) is 0. The fraction of sp³-hybridized carbons (Fsp3) is 0. The summed E-state index contributed by atoms with van der Waals surface area (Å²) >= 11 is 0. The van der Waals surface area contributed by atoms with E-state index in [0.717, 1.165) is 49.3 Å². The van der Waals surface area contributed by atoms with E-state index >= 15 is 0 Å². The van der Waals surface area contributed by atoms with Gasteiger partial charge in [0.2, 0.25) is 0 Å². The monoisotopic (exact) mass is 662 g/mol. The second-order valence-corrected chi connectivity index (χ2v) is 12.4. The molecule has 3 nitrogen and oxygen atoms in total. The lowest BCUT2D eigenvalue weighted by molar-refractivity contribution is 1.13. The van der Waals surface area contributed by atoms with Crippen molar-refractivity contribution in [1.29, 1.82) is 0 Å². The first kappa shape index (κ1) is 18.2. The van der Waals surface area contributed by atoms with Crippen molar-refractivity contribution in [2.24, 2.45) is 0 Å². The van der Waals surface area contributed by atoms with E-state index in [1.54, 1.807) is 12.1 Å². The van der Waals surface area contributed by atoms with Gasteiger partial charge < -0.3 is 13.7 Å². The van der Waals surface area contributed by atoms with Crippen molar-refractivity contribution >= 4 is 65.4 Å². The Morgan fingerprint density at radius 3 is 1.33 bits per heavy atom. The molecule has 0 amide bonds. The summed E-state index contributed by atoms with van der Waals surface area (Å²) in [6.07, 6.45) is 0. The minimum absolute atomic E-state index is 0.114. The van der Waals surface area contributed by atoms with Gasteiger partial charge in [-0.1, -0.05) is 121 Å². The van der Waals surface area contributed by atoms with E-state index < -0.39 is 78.6 Å². The highest BCUT2D eigenvalue weighted by Crippen LogP contribution is 2.39. The molecule has 3 aromatic heterocycles. The van der Waals surface area contributed by atoms with E-state index in [1.807, 2.05) is 65.2 Å². The third-order valence-corrected chi connectivity index (χ3v) is 9.73. The Balaban J connectivity index is 1.29. The number of rotatable bonds is 4. The summed E-state index contributed by atoms with van der Waals surface area (Å²) in [5.74, 6) is 0. The molecule has 8 aromatic carbocycles. The van der Waals surface area contributed by atoms with Crippen LogP contribution in [0.4, 0.5) is 0 Å². The summed E-state index contributed by atoms with van der Waals surface area (Å²) in [6, 6.07) is 28.4. The Morgan fingerprint density at radius 2 is 0.745 bits per heavy atom. The molecule has 0 N–H and O–H groups in total. The Bertz CT molecular complexity index is 3740. The molecule has 0 unspecified atom stereocenters. The van der Waals surface area contributed by atoms with Crippen molar-refractivity contribution in [3.63, 3.8) is 0 Å². The van der Waals surface area contributed by atoms with Gasteiger partial charge in [0.25, 0.3) is 0 Å². The summed E-state index contributed by atoms with van der Waals surface area (Å²) in [5, 5.41) is 3.75. The molecule has 0 saturated heterocycles. The molecule has 0 aliphatic heterocycles. The van der Waals surface area contributed by atoms with Crippen LogP contribution in [0.25, 0.3) is 93.6 Å². The first-order valence-corrected chi connectivity index (χ1v) is 16.5. The number of para-hydroxylation sites is 5. The molecule has 0 aliphatic carbocycles. The fourth-order valence-electron chi connectivity index (χ4n) is 7.65. The first-order chi connectivity index (χ1) is 30.7. The normalized spacial score (nSPS) is 15.5. The summed E-state index contributed by atoms with van der Waals surface area (Å²) < 4.78 is 120. The standard InChI is InChI=1S/C48H31N3/c1-2-14-32(15-3-1)33-28-35(50-45-23-11-6-18-39(45)40-19-7-12-24-46(40)50)30-36(29-33)51-47-25-13-8-20-41(47)42-31-34(26-27-48(42)51)49-43-21-9-4-16-37(43)38-17-5-10-22-44(38)49/h1-31H/i1D,2D,3D,6D,7D,11D,12D,14D,15D,18D,19D,23D,24D. The van der Waals surface area contributed by atoms with Gasteiger partial charge in [0, 0.05) is 49.4 Å². The number of hydrogen-bond donors (Lipinski definition) is 0. The minimum atomic E-state index is -0.583. The van der Waals surface area contributed by atoms with Crippen LogP contribution in [0.5, 0.6) is 0 Å². The molecule has 0 saturated carbocycles. The van der Waals surface area contributed by atoms with Gasteiger partial charge in [-0.25, -0.2) is 0 Å². The van der Waals surface area contributed by atoms with E-state index in [2.05, 4.69) is 34.9 Å². The van der Waals surface area contributed by atoms with Gasteiger partial charge >= 0.3 is 0 Å². The topological polar surface area (TPSA) is 14.8 Å². The van der Waals surface area contributed by atoms with Crippen molar-refractivity contribution in [3.05, 3.63) is 188 Å². The van der Waals surface area contributed by atoms with E-state index in [0.29, 0.717) is 5.69 Å². The van der Waals surface area contributed by atoms with Crippen LogP contribution in [-0.4, -0.2) is 13.7 Å². The quantitative estimate of drug-likeness (QED) is 0.178. The number of hydrogen-bond acceptors (Lipinski definition) is 0. The van der Waals surface area contributed by atoms with Gasteiger partial charge in [-0.2, -0.15) is 0 Å². The Labute approximate surface area is 312 Å². The molecule has 0 spiro atoms. The zero-order valence-electron chi connectivity index (χ0n) is 39.7. The molecule has 11 aromatic rings. The number of nitrogens with zero attached hydrogens (tertiary/aromatic N) is 3. The van der Waals surface area contributed by atoms with Gasteiger partial charge in [-0.05, 0) is 77.8 Å². The molecule has 3 heterocycles. The maximum atomic E-state index is 9.19. The summed E-state index contributed by atoms with van der Waals surface area (Å²) in [7, 11) is 0. The average Bonchev–Trinajstić information content (AvgIpc) is 3.96. The number of fused-ring (bicyclic) bond motifs is 9.